The van der Waals surface area contributed by atoms with E-state index in [-0.39, 0.29) is 11.9 Å². The molecule has 1 unspecified atom stereocenters. The molecule has 2 aromatic rings. The van der Waals surface area contributed by atoms with Gasteiger partial charge in [0.1, 0.15) is 0 Å². The van der Waals surface area contributed by atoms with Gasteiger partial charge < -0.3 is 20.4 Å². The van der Waals surface area contributed by atoms with Crippen molar-refractivity contribution in [1.29, 1.82) is 0 Å². The summed E-state index contributed by atoms with van der Waals surface area (Å²) in [6, 6.07) is 18.7. The fraction of sp³-hybridized carbons (Fsp3) is 0.500. The molecule has 1 saturated heterocycles. The Labute approximate surface area is 187 Å². The zero-order chi connectivity index (χ0) is 22.1. The first-order valence-electron chi connectivity index (χ1n) is 11.8. The van der Waals surface area contributed by atoms with Crippen LogP contribution in [0.3, 0.4) is 0 Å². The van der Waals surface area contributed by atoms with E-state index in [1.807, 2.05) is 49.4 Å². The molecule has 1 aliphatic heterocycles. The van der Waals surface area contributed by atoms with Gasteiger partial charge >= 0.3 is 0 Å². The zero-order valence-corrected chi connectivity index (χ0v) is 19.3. The molecule has 1 heterocycles. The number of piperidine rings is 1. The van der Waals surface area contributed by atoms with Gasteiger partial charge in [0.15, 0.2) is 0 Å². The van der Waals surface area contributed by atoms with Gasteiger partial charge in [0.05, 0.1) is 6.04 Å². The molecule has 5 nitrogen and oxygen atoms in total. The summed E-state index contributed by atoms with van der Waals surface area (Å²) in [5, 5.41) is 6.82. The molecule has 1 fully saturated rings. The smallest absolute Gasteiger partial charge is 0.251 e. The van der Waals surface area contributed by atoms with Crippen molar-refractivity contribution in [2.75, 3.05) is 44.2 Å². The minimum atomic E-state index is -0.0287. The highest BCUT2D eigenvalue weighted by Crippen LogP contribution is 2.21. The lowest BCUT2D eigenvalue weighted by atomic mass is 10.0. The number of rotatable bonds is 10. The summed E-state index contributed by atoms with van der Waals surface area (Å²) in [7, 11) is 0. The predicted octanol–water partition coefficient (Wildman–Crippen LogP) is 4.08. The molecule has 0 radical (unpaired) electrons. The van der Waals surface area contributed by atoms with Crippen molar-refractivity contribution in [3.8, 4) is 0 Å². The Morgan fingerprint density at radius 2 is 1.68 bits per heavy atom. The number of likely N-dealkylation sites (N-methyl/N-ethyl adjacent to an activating group) is 1. The van der Waals surface area contributed by atoms with Crippen molar-refractivity contribution < 1.29 is 4.79 Å². The van der Waals surface area contributed by atoms with Crippen LogP contribution in [-0.2, 0) is 0 Å². The van der Waals surface area contributed by atoms with Crippen molar-refractivity contribution in [3.63, 3.8) is 0 Å². The molecule has 0 bridgehead atoms. The van der Waals surface area contributed by atoms with E-state index in [9.17, 15) is 4.79 Å². The minimum Gasteiger partial charge on any atom is -0.371 e. The number of amides is 1. The first-order valence-corrected chi connectivity index (χ1v) is 11.8. The highest BCUT2D eigenvalue weighted by atomic mass is 16.1. The van der Waals surface area contributed by atoms with Crippen LogP contribution in [0.4, 0.5) is 5.69 Å². The van der Waals surface area contributed by atoms with Crippen LogP contribution < -0.4 is 15.5 Å². The third-order valence-electron chi connectivity index (χ3n) is 6.39. The Bertz CT molecular complexity index is 781. The van der Waals surface area contributed by atoms with Crippen LogP contribution in [0.2, 0.25) is 0 Å². The molecule has 0 saturated carbocycles. The molecule has 3 rings (SSSR count). The van der Waals surface area contributed by atoms with Gasteiger partial charge in [-0.05, 0) is 62.7 Å². The van der Waals surface area contributed by atoms with Crippen LogP contribution in [-0.4, -0.2) is 56.1 Å². The molecule has 2 N–H and O–H groups in total. The lowest BCUT2D eigenvalue weighted by Crippen LogP contribution is -2.44. The number of carbonyl (C=O) groups is 1. The monoisotopic (exact) mass is 422 g/mol. The molecule has 31 heavy (non-hydrogen) atoms. The van der Waals surface area contributed by atoms with Gasteiger partial charge in [-0.25, -0.2) is 0 Å². The second-order valence-electron chi connectivity index (χ2n) is 8.40. The lowest BCUT2D eigenvalue weighted by molar-refractivity contribution is 0.0940. The normalized spacial score (nSPS) is 15.8. The van der Waals surface area contributed by atoms with Crippen molar-refractivity contribution in [1.82, 2.24) is 15.5 Å². The Hall–Kier alpha value is -2.37. The topological polar surface area (TPSA) is 47.6 Å². The van der Waals surface area contributed by atoms with Crippen molar-refractivity contribution in [3.05, 3.63) is 65.7 Å². The summed E-state index contributed by atoms with van der Waals surface area (Å²) in [5.41, 5.74) is 3.02. The highest BCUT2D eigenvalue weighted by Gasteiger charge is 2.19. The molecule has 1 amide bonds. The van der Waals surface area contributed by atoms with Crippen LogP contribution >= 0.6 is 0 Å². The van der Waals surface area contributed by atoms with Crippen molar-refractivity contribution in [2.24, 2.45) is 0 Å². The standard InChI is InChI=1S/C26H38N4O/c1-4-29(5-2)20-17-27-24-15-18-30(19-16-24)25-13-11-23(12-14-25)26(31)28-21(3)22-9-7-6-8-10-22/h6-14,21,24,27H,4-5,15-20H2,1-3H3,(H,28,31). The predicted molar refractivity (Wildman–Crippen MR) is 130 cm³/mol. The largest absolute Gasteiger partial charge is 0.371 e. The summed E-state index contributed by atoms with van der Waals surface area (Å²) in [6.45, 7) is 13.0. The fourth-order valence-electron chi connectivity index (χ4n) is 4.24. The summed E-state index contributed by atoms with van der Waals surface area (Å²) in [6.07, 6.45) is 2.32. The van der Waals surface area contributed by atoms with E-state index in [0.29, 0.717) is 11.6 Å². The van der Waals surface area contributed by atoms with Gasteiger partial charge in [-0.3, -0.25) is 4.79 Å². The summed E-state index contributed by atoms with van der Waals surface area (Å²) in [4.78, 5) is 17.5. The van der Waals surface area contributed by atoms with E-state index in [1.165, 1.54) is 5.69 Å². The first kappa shape index (κ1) is 23.3. The van der Waals surface area contributed by atoms with Crippen LogP contribution in [0, 0.1) is 0 Å². The van der Waals surface area contributed by atoms with E-state index in [0.717, 1.165) is 57.7 Å². The van der Waals surface area contributed by atoms with Crippen LogP contribution in [0.25, 0.3) is 0 Å². The Morgan fingerprint density at radius 1 is 1.03 bits per heavy atom. The van der Waals surface area contributed by atoms with E-state index in [2.05, 4.69) is 46.4 Å². The van der Waals surface area contributed by atoms with E-state index >= 15 is 0 Å². The van der Waals surface area contributed by atoms with E-state index in [4.69, 9.17) is 0 Å². The molecule has 2 aromatic carbocycles. The number of nitrogens with zero attached hydrogens (tertiary/aromatic N) is 2. The van der Waals surface area contributed by atoms with Gasteiger partial charge in [0, 0.05) is 43.5 Å². The molecule has 5 heteroatoms. The quantitative estimate of drug-likeness (QED) is 0.606. The van der Waals surface area contributed by atoms with Crippen LogP contribution in [0.15, 0.2) is 54.6 Å². The number of hydrogen-bond donors (Lipinski definition) is 2. The number of hydrogen-bond acceptors (Lipinski definition) is 4. The minimum absolute atomic E-state index is 0.0124. The fourth-order valence-corrected chi connectivity index (χ4v) is 4.24. The van der Waals surface area contributed by atoms with Gasteiger partial charge in [0.25, 0.3) is 5.91 Å². The van der Waals surface area contributed by atoms with Gasteiger partial charge in [-0.1, -0.05) is 44.2 Å². The van der Waals surface area contributed by atoms with Gasteiger partial charge in [-0.15, -0.1) is 0 Å². The zero-order valence-electron chi connectivity index (χ0n) is 19.3. The van der Waals surface area contributed by atoms with E-state index < -0.39 is 0 Å². The first-order chi connectivity index (χ1) is 15.1. The van der Waals surface area contributed by atoms with Crippen molar-refractivity contribution >= 4 is 11.6 Å². The maximum absolute atomic E-state index is 12.6. The molecule has 0 aliphatic carbocycles. The van der Waals surface area contributed by atoms with Gasteiger partial charge in [0.2, 0.25) is 0 Å². The molecule has 1 atom stereocenters. The molecular formula is C26H38N4O. The average molecular weight is 423 g/mol. The van der Waals surface area contributed by atoms with Crippen LogP contribution in [0.5, 0.6) is 0 Å². The Kier molecular flexibility index (Phi) is 8.92. The number of carbonyl (C=O) groups excluding carboxylic acids is 1. The van der Waals surface area contributed by atoms with E-state index in [1.54, 1.807) is 0 Å². The molecule has 1 aliphatic rings. The lowest BCUT2D eigenvalue weighted by Gasteiger charge is -2.34. The summed E-state index contributed by atoms with van der Waals surface area (Å²) in [5.74, 6) is -0.0287. The number of benzene rings is 2. The number of nitrogens with one attached hydrogen (secondary N) is 2. The third kappa shape index (κ3) is 6.81. The third-order valence-corrected chi connectivity index (χ3v) is 6.39. The van der Waals surface area contributed by atoms with Gasteiger partial charge in [-0.2, -0.15) is 0 Å². The summed E-state index contributed by atoms with van der Waals surface area (Å²) < 4.78 is 0. The molecular weight excluding hydrogens is 384 g/mol. The average Bonchev–Trinajstić information content (AvgIpc) is 2.83. The van der Waals surface area contributed by atoms with Crippen LogP contribution in [0.1, 0.15) is 55.6 Å². The SMILES string of the molecule is CCN(CC)CCNC1CCN(c2ccc(C(=O)NC(C)c3ccccc3)cc2)CC1. The number of anilines is 1. The molecule has 168 valence electrons. The second kappa shape index (κ2) is 11.9. The molecule has 0 aromatic heterocycles. The molecule has 0 spiro atoms. The maximum atomic E-state index is 12.6. The Balaban J connectivity index is 1.44. The summed E-state index contributed by atoms with van der Waals surface area (Å²) >= 11 is 0. The Morgan fingerprint density at radius 3 is 2.29 bits per heavy atom. The maximum Gasteiger partial charge on any atom is 0.251 e. The van der Waals surface area contributed by atoms with Crippen molar-refractivity contribution in [2.45, 2.75) is 45.7 Å². The highest BCUT2D eigenvalue weighted by molar-refractivity contribution is 5.94. The second-order valence-corrected chi connectivity index (χ2v) is 8.40.